The van der Waals surface area contributed by atoms with E-state index in [1.165, 1.54) is 12.4 Å². The quantitative estimate of drug-likeness (QED) is 0.846. The maximum Gasteiger partial charge on any atom is 0.242 e. The minimum atomic E-state index is -3.75. The summed E-state index contributed by atoms with van der Waals surface area (Å²) in [5.41, 5.74) is 2.52. The van der Waals surface area contributed by atoms with Crippen LogP contribution in [0.4, 0.5) is 0 Å². The van der Waals surface area contributed by atoms with Crippen LogP contribution >= 0.6 is 11.6 Å². The Morgan fingerprint density at radius 2 is 2.08 bits per heavy atom. The van der Waals surface area contributed by atoms with E-state index in [0.717, 1.165) is 16.8 Å². The third-order valence-corrected chi connectivity index (χ3v) is 6.07. The number of hydrogen-bond acceptors (Lipinski definition) is 5. The zero-order valence-corrected chi connectivity index (χ0v) is 15.9. The number of halogens is 1. The van der Waals surface area contributed by atoms with Gasteiger partial charge < -0.3 is 4.74 Å². The lowest BCUT2D eigenvalue weighted by Gasteiger charge is -2.23. The molecule has 0 amide bonds. The van der Waals surface area contributed by atoms with Crippen molar-refractivity contribution in [1.29, 1.82) is 0 Å². The zero-order chi connectivity index (χ0) is 18.7. The first kappa shape index (κ1) is 18.6. The Hall–Kier alpha value is -2.22. The number of benzene rings is 1. The number of sulfonamides is 1. The second kappa shape index (κ2) is 7.57. The molecule has 1 aliphatic rings. The Morgan fingerprint density at radius 1 is 1.31 bits per heavy atom. The average molecular weight is 392 g/mol. The molecule has 26 heavy (non-hydrogen) atoms. The topological polar surface area (TPSA) is 81.2 Å². The van der Waals surface area contributed by atoms with Gasteiger partial charge in [0.1, 0.15) is 17.0 Å². The Kier molecular flexibility index (Phi) is 5.41. The average Bonchev–Trinajstić information content (AvgIpc) is 2.62. The van der Waals surface area contributed by atoms with E-state index in [2.05, 4.69) is 14.7 Å². The van der Waals surface area contributed by atoms with E-state index >= 15 is 0 Å². The first-order valence-corrected chi connectivity index (χ1v) is 9.77. The summed E-state index contributed by atoms with van der Waals surface area (Å²) in [6.07, 6.45) is 7.20. The van der Waals surface area contributed by atoms with Crippen molar-refractivity contribution in [2.24, 2.45) is 0 Å². The van der Waals surface area contributed by atoms with Crippen LogP contribution < -0.4 is 4.72 Å². The van der Waals surface area contributed by atoms with E-state index in [1.807, 2.05) is 13.0 Å². The van der Waals surface area contributed by atoms with E-state index < -0.39 is 16.1 Å². The number of allylic oxidation sites excluding steroid dienone is 2. The first-order valence-electron chi connectivity index (χ1n) is 7.91. The lowest BCUT2D eigenvalue weighted by atomic mass is 9.96. The molecule has 0 saturated heterocycles. The fourth-order valence-electron chi connectivity index (χ4n) is 2.78. The predicted molar refractivity (Wildman–Crippen MR) is 100 cm³/mol. The van der Waals surface area contributed by atoms with Crippen LogP contribution in [0.15, 0.2) is 59.6 Å². The number of aryl methyl sites for hydroxylation is 1. The van der Waals surface area contributed by atoms with Gasteiger partial charge in [0.2, 0.25) is 10.0 Å². The smallest absolute Gasteiger partial charge is 0.242 e. The number of aromatic nitrogens is 2. The Morgan fingerprint density at radius 3 is 2.77 bits per heavy atom. The Bertz CT molecular complexity index is 987. The number of nitrogens with one attached hydrogen (secondary N) is 1. The molecule has 0 fully saturated rings. The highest BCUT2D eigenvalue weighted by Crippen LogP contribution is 2.30. The molecule has 0 bridgehead atoms. The molecule has 0 saturated carbocycles. The minimum absolute atomic E-state index is 0.0520. The highest BCUT2D eigenvalue weighted by molar-refractivity contribution is 7.89. The number of ether oxygens (including phenoxy) is 1. The second-order valence-corrected chi connectivity index (χ2v) is 7.87. The number of methoxy groups -OCH3 is 1. The van der Waals surface area contributed by atoms with Crippen LogP contribution in [0.1, 0.15) is 17.7 Å². The molecule has 2 aromatic rings. The van der Waals surface area contributed by atoms with Crippen LogP contribution in [-0.2, 0) is 14.8 Å². The van der Waals surface area contributed by atoms with Crippen LogP contribution in [0.25, 0.3) is 5.57 Å². The molecule has 8 heteroatoms. The molecule has 6 nitrogen and oxygen atoms in total. The Labute approximate surface area is 157 Å². The van der Waals surface area contributed by atoms with Crippen molar-refractivity contribution in [2.45, 2.75) is 24.3 Å². The summed E-state index contributed by atoms with van der Waals surface area (Å²) in [6.45, 7) is 1.89. The molecule has 0 radical (unpaired) electrons. The lowest BCUT2D eigenvalue weighted by Crippen LogP contribution is -2.35. The molecule has 1 atom stereocenters. The monoisotopic (exact) mass is 391 g/mol. The van der Waals surface area contributed by atoms with Gasteiger partial charge in [0.25, 0.3) is 0 Å². The molecule has 0 aliphatic heterocycles. The largest absolute Gasteiger partial charge is 0.500 e. The summed E-state index contributed by atoms with van der Waals surface area (Å²) in [6, 6.07) is 5.89. The fourth-order valence-corrected chi connectivity index (χ4v) is 4.49. The standard InChI is InChI=1S/C18H18ClN3O3S/c1-12-15(10-20-11-21-12)14-8-7-13(9-17(14)25-2)22-26(23,24)18-6-4-3-5-16(18)19/h3-8,10-11,13,22H,9H2,1-2H3. The van der Waals surface area contributed by atoms with Gasteiger partial charge in [-0.3, -0.25) is 0 Å². The first-order chi connectivity index (χ1) is 12.4. The molecule has 3 rings (SSSR count). The third-order valence-electron chi connectivity index (χ3n) is 4.08. The van der Waals surface area contributed by atoms with Gasteiger partial charge >= 0.3 is 0 Å². The molecular weight excluding hydrogens is 374 g/mol. The van der Waals surface area contributed by atoms with Gasteiger partial charge in [0.15, 0.2) is 0 Å². The summed E-state index contributed by atoms with van der Waals surface area (Å²) in [4.78, 5) is 8.30. The maximum absolute atomic E-state index is 12.6. The summed E-state index contributed by atoms with van der Waals surface area (Å²) in [5, 5.41) is 0.181. The molecule has 1 aromatic carbocycles. The van der Waals surface area contributed by atoms with Gasteiger partial charge in [-0.15, -0.1) is 0 Å². The van der Waals surface area contributed by atoms with Gasteiger partial charge in [0, 0.05) is 35.5 Å². The van der Waals surface area contributed by atoms with Crippen molar-refractivity contribution in [3.8, 4) is 0 Å². The predicted octanol–water partition coefficient (Wildman–Crippen LogP) is 3.10. The Balaban J connectivity index is 1.86. The van der Waals surface area contributed by atoms with Crippen LogP contribution in [0.2, 0.25) is 5.02 Å². The van der Waals surface area contributed by atoms with Crippen LogP contribution in [0.3, 0.4) is 0 Å². The molecular formula is C18H18ClN3O3S. The lowest BCUT2D eigenvalue weighted by molar-refractivity contribution is 0.273. The maximum atomic E-state index is 12.6. The fraction of sp³-hybridized carbons (Fsp3) is 0.222. The van der Waals surface area contributed by atoms with Gasteiger partial charge in [-0.1, -0.05) is 35.9 Å². The summed E-state index contributed by atoms with van der Waals surface area (Å²) >= 11 is 6.02. The van der Waals surface area contributed by atoms with Crippen molar-refractivity contribution >= 4 is 27.2 Å². The minimum Gasteiger partial charge on any atom is -0.500 e. The molecule has 0 spiro atoms. The van der Waals surface area contributed by atoms with Crippen LogP contribution in [0, 0.1) is 6.92 Å². The van der Waals surface area contributed by atoms with E-state index in [1.54, 1.807) is 37.6 Å². The summed E-state index contributed by atoms with van der Waals surface area (Å²) < 4.78 is 33.4. The van der Waals surface area contributed by atoms with Crippen molar-refractivity contribution in [1.82, 2.24) is 14.7 Å². The number of hydrogen-bond donors (Lipinski definition) is 1. The highest BCUT2D eigenvalue weighted by atomic mass is 35.5. The molecule has 1 aromatic heterocycles. The number of nitrogens with zero attached hydrogens (tertiary/aromatic N) is 2. The highest BCUT2D eigenvalue weighted by Gasteiger charge is 2.25. The van der Waals surface area contributed by atoms with Crippen LogP contribution in [0.5, 0.6) is 0 Å². The van der Waals surface area contributed by atoms with E-state index in [0.29, 0.717) is 12.2 Å². The SMILES string of the molecule is COC1=C(c2cncnc2C)C=CC(NS(=O)(=O)c2ccccc2Cl)C1. The molecule has 1 unspecified atom stereocenters. The van der Waals surface area contributed by atoms with Gasteiger partial charge in [-0.05, 0) is 19.1 Å². The second-order valence-electron chi connectivity index (χ2n) is 5.78. The normalized spacial score (nSPS) is 17.4. The van der Waals surface area contributed by atoms with Crippen molar-refractivity contribution in [2.75, 3.05) is 7.11 Å². The van der Waals surface area contributed by atoms with Crippen molar-refractivity contribution in [3.63, 3.8) is 0 Å². The van der Waals surface area contributed by atoms with E-state index in [-0.39, 0.29) is 9.92 Å². The van der Waals surface area contributed by atoms with Crippen molar-refractivity contribution < 1.29 is 13.2 Å². The van der Waals surface area contributed by atoms with E-state index in [9.17, 15) is 8.42 Å². The summed E-state index contributed by atoms with van der Waals surface area (Å²) in [7, 11) is -2.19. The van der Waals surface area contributed by atoms with Gasteiger partial charge in [-0.2, -0.15) is 0 Å². The molecule has 136 valence electrons. The summed E-state index contributed by atoms with van der Waals surface area (Å²) in [5.74, 6) is 0.664. The third kappa shape index (κ3) is 3.80. The van der Waals surface area contributed by atoms with E-state index in [4.69, 9.17) is 16.3 Å². The molecule has 1 N–H and O–H groups in total. The molecule has 1 heterocycles. The van der Waals surface area contributed by atoms with Gasteiger partial charge in [0.05, 0.1) is 12.1 Å². The number of rotatable bonds is 5. The van der Waals surface area contributed by atoms with Crippen molar-refractivity contribution in [3.05, 3.63) is 71.0 Å². The zero-order valence-electron chi connectivity index (χ0n) is 14.3. The molecule has 1 aliphatic carbocycles. The van der Waals surface area contributed by atoms with Crippen LogP contribution in [-0.4, -0.2) is 31.5 Å². The van der Waals surface area contributed by atoms with Gasteiger partial charge in [-0.25, -0.2) is 23.1 Å².